The number of benzene rings is 1. The Morgan fingerprint density at radius 2 is 1.88 bits per heavy atom. The molecule has 4 nitrogen and oxygen atoms in total. The highest BCUT2D eigenvalue weighted by Gasteiger charge is 2.07. The third kappa shape index (κ3) is 2.94. The van der Waals surface area contributed by atoms with Gasteiger partial charge in [-0.25, -0.2) is 4.39 Å². The predicted molar refractivity (Wildman–Crippen MR) is 64.5 cm³/mol. The molecule has 0 spiro atoms. The van der Waals surface area contributed by atoms with E-state index in [0.29, 0.717) is 5.69 Å². The molecule has 1 aromatic carbocycles. The first-order chi connectivity index (χ1) is 8.06. The summed E-state index contributed by atoms with van der Waals surface area (Å²) >= 11 is 17.0. The van der Waals surface area contributed by atoms with Crippen molar-refractivity contribution >= 4 is 46.3 Å². The van der Waals surface area contributed by atoms with E-state index in [0.717, 1.165) is 0 Å². The molecule has 0 aliphatic carbocycles. The van der Waals surface area contributed by atoms with Crippen LogP contribution in [0.4, 0.5) is 15.9 Å². The lowest BCUT2D eigenvalue weighted by atomic mass is 10.3. The second-order valence-corrected chi connectivity index (χ2v) is 4.08. The number of hydrogen-bond donors (Lipinski definition) is 1. The summed E-state index contributed by atoms with van der Waals surface area (Å²) in [4.78, 5) is 3.83. The van der Waals surface area contributed by atoms with Gasteiger partial charge in [-0.2, -0.15) is 4.98 Å². The van der Waals surface area contributed by atoms with Gasteiger partial charge in [-0.05, 0) is 29.8 Å². The van der Waals surface area contributed by atoms with Gasteiger partial charge in [-0.1, -0.05) is 23.2 Å². The third-order valence-electron chi connectivity index (χ3n) is 1.80. The molecule has 0 atom stereocenters. The minimum atomic E-state index is -0.512. The molecule has 0 aliphatic heterocycles. The van der Waals surface area contributed by atoms with Gasteiger partial charge in [0.05, 0.1) is 5.02 Å². The van der Waals surface area contributed by atoms with E-state index in [1.165, 1.54) is 18.2 Å². The number of aromatic nitrogens is 3. The number of anilines is 2. The first-order valence-electron chi connectivity index (χ1n) is 4.34. The van der Waals surface area contributed by atoms with Crippen LogP contribution in [0.25, 0.3) is 0 Å². The Labute approximate surface area is 111 Å². The summed E-state index contributed by atoms with van der Waals surface area (Å²) in [5, 5.41) is 9.81. The molecule has 88 valence electrons. The Hall–Kier alpha value is -1.17. The van der Waals surface area contributed by atoms with Crippen LogP contribution in [-0.2, 0) is 0 Å². The Balaban J connectivity index is 2.31. The van der Waals surface area contributed by atoms with E-state index >= 15 is 0 Å². The van der Waals surface area contributed by atoms with Crippen molar-refractivity contribution in [1.29, 1.82) is 0 Å². The minimum absolute atomic E-state index is 0.0146. The molecule has 1 aromatic heterocycles. The fraction of sp³-hybridized carbons (Fsp3) is 0. The molecule has 0 fully saturated rings. The minimum Gasteiger partial charge on any atom is -0.337 e. The van der Waals surface area contributed by atoms with Gasteiger partial charge in [0.2, 0.25) is 5.28 Å². The van der Waals surface area contributed by atoms with Crippen molar-refractivity contribution in [1.82, 2.24) is 15.2 Å². The maximum absolute atomic E-state index is 12.9. The van der Waals surface area contributed by atoms with Crippen molar-refractivity contribution in [3.05, 3.63) is 39.5 Å². The van der Waals surface area contributed by atoms with Crippen LogP contribution in [0.5, 0.6) is 0 Å². The summed E-state index contributed by atoms with van der Waals surface area (Å²) in [6.07, 6.45) is 0. The average Bonchev–Trinajstić information content (AvgIpc) is 2.29. The van der Waals surface area contributed by atoms with E-state index < -0.39 is 5.82 Å². The van der Waals surface area contributed by atoms with Gasteiger partial charge in [-0.15, -0.1) is 10.2 Å². The molecule has 2 rings (SSSR count). The summed E-state index contributed by atoms with van der Waals surface area (Å²) in [5.41, 5.74) is 0.509. The maximum Gasteiger partial charge on any atom is 0.245 e. The lowest BCUT2D eigenvalue weighted by Crippen LogP contribution is -1.99. The highest BCUT2D eigenvalue weighted by atomic mass is 35.5. The van der Waals surface area contributed by atoms with Crippen LogP contribution in [0.2, 0.25) is 15.5 Å². The molecule has 0 unspecified atom stereocenters. The van der Waals surface area contributed by atoms with Crippen LogP contribution < -0.4 is 5.32 Å². The first kappa shape index (κ1) is 12.3. The van der Waals surface area contributed by atoms with Crippen molar-refractivity contribution in [3.63, 3.8) is 0 Å². The molecule has 0 saturated carbocycles. The smallest absolute Gasteiger partial charge is 0.245 e. The predicted octanol–water partition coefficient (Wildman–Crippen LogP) is 3.71. The molecule has 17 heavy (non-hydrogen) atoms. The zero-order valence-electron chi connectivity index (χ0n) is 8.09. The van der Waals surface area contributed by atoms with Crippen LogP contribution in [-0.4, -0.2) is 15.2 Å². The van der Waals surface area contributed by atoms with Crippen LogP contribution in [0.1, 0.15) is 0 Å². The van der Waals surface area contributed by atoms with Gasteiger partial charge in [0.15, 0.2) is 11.0 Å². The third-order valence-corrected chi connectivity index (χ3v) is 2.51. The average molecular weight is 294 g/mol. The van der Waals surface area contributed by atoms with Crippen LogP contribution in [0.3, 0.4) is 0 Å². The zero-order chi connectivity index (χ0) is 12.4. The van der Waals surface area contributed by atoms with Crippen molar-refractivity contribution in [2.24, 2.45) is 0 Å². The van der Waals surface area contributed by atoms with Gasteiger partial charge in [0.1, 0.15) is 5.82 Å². The highest BCUT2D eigenvalue weighted by molar-refractivity contribution is 6.32. The van der Waals surface area contributed by atoms with E-state index in [2.05, 4.69) is 20.5 Å². The Bertz CT molecular complexity index is 564. The van der Waals surface area contributed by atoms with Crippen molar-refractivity contribution in [2.75, 3.05) is 5.32 Å². The molecule has 8 heteroatoms. The Kier molecular flexibility index (Phi) is 3.61. The molecule has 0 bridgehead atoms. The molecule has 0 saturated heterocycles. The number of nitrogens with one attached hydrogen (secondary N) is 1. The van der Waals surface area contributed by atoms with Gasteiger partial charge in [0.25, 0.3) is 0 Å². The van der Waals surface area contributed by atoms with E-state index in [1.807, 2.05) is 0 Å². The summed E-state index contributed by atoms with van der Waals surface area (Å²) in [7, 11) is 0. The molecule has 0 amide bonds. The molecular formula is C9H4Cl3FN4. The van der Waals surface area contributed by atoms with Gasteiger partial charge in [0, 0.05) is 5.69 Å². The number of nitrogens with zero attached hydrogens (tertiary/aromatic N) is 3. The summed E-state index contributed by atoms with van der Waals surface area (Å²) in [6, 6.07) is 4.09. The molecular weight excluding hydrogens is 289 g/mol. The summed E-state index contributed by atoms with van der Waals surface area (Å²) in [5.74, 6) is -0.295. The molecule has 0 radical (unpaired) electrons. The van der Waals surface area contributed by atoms with E-state index in [1.54, 1.807) is 0 Å². The lowest BCUT2D eigenvalue weighted by molar-refractivity contribution is 0.628. The van der Waals surface area contributed by atoms with Crippen LogP contribution >= 0.6 is 34.8 Å². The molecule has 1 N–H and O–H groups in total. The zero-order valence-corrected chi connectivity index (χ0v) is 10.4. The van der Waals surface area contributed by atoms with Crippen molar-refractivity contribution in [3.8, 4) is 0 Å². The quantitative estimate of drug-likeness (QED) is 0.917. The van der Waals surface area contributed by atoms with Crippen molar-refractivity contribution < 1.29 is 4.39 Å². The number of rotatable bonds is 2. The van der Waals surface area contributed by atoms with E-state index in [4.69, 9.17) is 34.8 Å². The second-order valence-electron chi connectivity index (χ2n) is 2.97. The number of hydrogen-bond acceptors (Lipinski definition) is 4. The monoisotopic (exact) mass is 292 g/mol. The first-order valence-corrected chi connectivity index (χ1v) is 5.47. The fourth-order valence-electron chi connectivity index (χ4n) is 1.08. The SMILES string of the molecule is Fc1ccc(Nc2nc(Cl)nnc2Cl)cc1Cl. The standard InChI is InChI=1S/C9H4Cl3FN4/c10-5-3-4(1-2-6(5)13)14-8-7(11)16-17-9(12)15-8/h1-3H,(H,14,15,17). The van der Waals surface area contributed by atoms with Gasteiger partial charge in [-0.3, -0.25) is 0 Å². The van der Waals surface area contributed by atoms with Crippen LogP contribution in [0, 0.1) is 5.82 Å². The maximum atomic E-state index is 12.9. The topological polar surface area (TPSA) is 50.7 Å². The summed E-state index contributed by atoms with van der Waals surface area (Å²) < 4.78 is 12.9. The summed E-state index contributed by atoms with van der Waals surface area (Å²) in [6.45, 7) is 0. The Morgan fingerprint density at radius 3 is 2.59 bits per heavy atom. The largest absolute Gasteiger partial charge is 0.337 e. The van der Waals surface area contributed by atoms with Crippen LogP contribution in [0.15, 0.2) is 18.2 Å². The van der Waals surface area contributed by atoms with E-state index in [-0.39, 0.29) is 21.3 Å². The lowest BCUT2D eigenvalue weighted by Gasteiger charge is -2.06. The Morgan fingerprint density at radius 1 is 1.12 bits per heavy atom. The van der Waals surface area contributed by atoms with Crippen molar-refractivity contribution in [2.45, 2.75) is 0 Å². The highest BCUT2D eigenvalue weighted by Crippen LogP contribution is 2.25. The molecule has 1 heterocycles. The fourth-order valence-corrected chi connectivity index (χ4v) is 1.51. The van der Waals surface area contributed by atoms with Gasteiger partial charge < -0.3 is 5.32 Å². The van der Waals surface area contributed by atoms with E-state index in [9.17, 15) is 4.39 Å². The second kappa shape index (κ2) is 5.00. The number of halogens is 4. The molecule has 0 aliphatic rings. The van der Waals surface area contributed by atoms with Gasteiger partial charge >= 0.3 is 0 Å². The normalized spacial score (nSPS) is 10.4. The molecule has 2 aromatic rings.